The molecule has 0 aliphatic carbocycles. The van der Waals surface area contributed by atoms with Crippen LogP contribution >= 0.6 is 0 Å². The number of rotatable bonds is 1. The van der Waals surface area contributed by atoms with Crippen molar-refractivity contribution in [2.75, 3.05) is 5.73 Å². The smallest absolute Gasteiger partial charge is 0.183 e. The summed E-state index contributed by atoms with van der Waals surface area (Å²) in [5.41, 5.74) is 5.99. The molecule has 70 valence electrons. The largest absolute Gasteiger partial charge is 0.382 e. The van der Waals surface area contributed by atoms with Gasteiger partial charge >= 0.3 is 0 Å². The number of aromatic nitrogens is 3. The molecular formula is C9H7FN4. The average molecular weight is 190 g/mol. The second-order valence-electron chi connectivity index (χ2n) is 2.72. The molecule has 1 aromatic heterocycles. The van der Waals surface area contributed by atoms with E-state index in [1.807, 2.05) is 0 Å². The van der Waals surface area contributed by atoms with E-state index in [9.17, 15) is 4.39 Å². The molecule has 0 bridgehead atoms. The van der Waals surface area contributed by atoms with Gasteiger partial charge in [-0.3, -0.25) is 0 Å². The lowest BCUT2D eigenvalue weighted by molar-refractivity contribution is 0.628. The van der Waals surface area contributed by atoms with Crippen molar-refractivity contribution >= 4 is 5.82 Å². The van der Waals surface area contributed by atoms with Crippen LogP contribution in [-0.2, 0) is 0 Å². The van der Waals surface area contributed by atoms with Gasteiger partial charge in [0.05, 0.1) is 6.20 Å². The summed E-state index contributed by atoms with van der Waals surface area (Å²) in [5, 5.41) is 7.37. The molecule has 0 amide bonds. The van der Waals surface area contributed by atoms with E-state index in [4.69, 9.17) is 5.73 Å². The minimum Gasteiger partial charge on any atom is -0.382 e. The van der Waals surface area contributed by atoms with E-state index in [0.29, 0.717) is 11.4 Å². The first-order valence-electron chi connectivity index (χ1n) is 3.97. The summed E-state index contributed by atoms with van der Waals surface area (Å²) in [4.78, 5) is 3.92. The maximum Gasteiger partial charge on any atom is 0.183 e. The Labute approximate surface area is 79.6 Å². The fourth-order valence-electron chi connectivity index (χ4n) is 1.07. The summed E-state index contributed by atoms with van der Waals surface area (Å²) < 4.78 is 12.8. The van der Waals surface area contributed by atoms with Gasteiger partial charge in [-0.1, -0.05) is 12.1 Å². The molecule has 0 aliphatic rings. The third-order valence-corrected chi connectivity index (χ3v) is 1.66. The van der Waals surface area contributed by atoms with Gasteiger partial charge in [0.2, 0.25) is 0 Å². The van der Waals surface area contributed by atoms with Crippen molar-refractivity contribution in [3.05, 3.63) is 36.3 Å². The van der Waals surface area contributed by atoms with Crippen LogP contribution in [0.15, 0.2) is 30.5 Å². The zero-order chi connectivity index (χ0) is 9.97. The summed E-state index contributed by atoms with van der Waals surface area (Å²) in [6.45, 7) is 0. The summed E-state index contributed by atoms with van der Waals surface area (Å²) >= 11 is 0. The summed E-state index contributed by atoms with van der Waals surface area (Å²) in [6.07, 6.45) is 1.34. The van der Waals surface area contributed by atoms with Crippen LogP contribution in [0, 0.1) is 5.82 Å². The highest BCUT2D eigenvalue weighted by Crippen LogP contribution is 2.15. The van der Waals surface area contributed by atoms with E-state index in [1.165, 1.54) is 18.3 Å². The lowest BCUT2D eigenvalue weighted by Crippen LogP contribution is -1.97. The van der Waals surface area contributed by atoms with Crippen LogP contribution in [0.4, 0.5) is 10.2 Å². The Hall–Kier alpha value is -2.04. The monoisotopic (exact) mass is 190 g/mol. The molecule has 5 heteroatoms. The summed E-state index contributed by atoms with van der Waals surface area (Å²) in [6, 6.07) is 5.95. The van der Waals surface area contributed by atoms with E-state index in [0.717, 1.165) is 0 Å². The predicted molar refractivity (Wildman–Crippen MR) is 49.6 cm³/mol. The van der Waals surface area contributed by atoms with Gasteiger partial charge < -0.3 is 5.73 Å². The maximum absolute atomic E-state index is 12.8. The lowest BCUT2D eigenvalue weighted by Gasteiger charge is -1.98. The van der Waals surface area contributed by atoms with Crippen LogP contribution in [0.1, 0.15) is 0 Å². The van der Waals surface area contributed by atoms with Gasteiger partial charge in [0, 0.05) is 5.56 Å². The standard InChI is InChI=1S/C9H7FN4/c10-7-3-1-2-6(4-7)9-13-8(11)5-12-14-9/h1-5H,(H2,11,13,14). The molecule has 2 rings (SSSR count). The molecular weight excluding hydrogens is 183 g/mol. The molecule has 1 heterocycles. The molecule has 1 aromatic carbocycles. The average Bonchev–Trinajstić information content (AvgIpc) is 2.18. The van der Waals surface area contributed by atoms with Gasteiger partial charge in [-0.2, -0.15) is 5.10 Å². The van der Waals surface area contributed by atoms with Crippen LogP contribution in [0.2, 0.25) is 0 Å². The van der Waals surface area contributed by atoms with Crippen molar-refractivity contribution < 1.29 is 4.39 Å². The Kier molecular flexibility index (Phi) is 2.06. The highest BCUT2D eigenvalue weighted by Gasteiger charge is 2.02. The van der Waals surface area contributed by atoms with Crippen molar-refractivity contribution in [2.45, 2.75) is 0 Å². The van der Waals surface area contributed by atoms with E-state index in [2.05, 4.69) is 15.2 Å². The second-order valence-corrected chi connectivity index (χ2v) is 2.72. The maximum atomic E-state index is 12.8. The van der Waals surface area contributed by atoms with Crippen LogP contribution in [0.5, 0.6) is 0 Å². The molecule has 4 nitrogen and oxygen atoms in total. The Morgan fingerprint density at radius 3 is 2.86 bits per heavy atom. The van der Waals surface area contributed by atoms with Crippen LogP contribution in [-0.4, -0.2) is 15.2 Å². The first-order valence-corrected chi connectivity index (χ1v) is 3.97. The van der Waals surface area contributed by atoms with Gasteiger partial charge in [0.1, 0.15) is 11.6 Å². The number of hydrogen-bond acceptors (Lipinski definition) is 4. The van der Waals surface area contributed by atoms with Crippen LogP contribution < -0.4 is 5.73 Å². The van der Waals surface area contributed by atoms with E-state index in [-0.39, 0.29) is 11.6 Å². The molecule has 0 fully saturated rings. The molecule has 0 saturated heterocycles. The Balaban J connectivity index is 2.49. The minimum atomic E-state index is -0.339. The molecule has 14 heavy (non-hydrogen) atoms. The number of hydrogen-bond donors (Lipinski definition) is 1. The van der Waals surface area contributed by atoms with E-state index in [1.54, 1.807) is 12.1 Å². The second kappa shape index (κ2) is 3.37. The Bertz CT molecular complexity index is 415. The first-order chi connectivity index (χ1) is 6.75. The number of nitrogens with zero attached hydrogens (tertiary/aromatic N) is 3. The van der Waals surface area contributed by atoms with Crippen molar-refractivity contribution in [3.63, 3.8) is 0 Å². The highest BCUT2D eigenvalue weighted by atomic mass is 19.1. The van der Waals surface area contributed by atoms with Crippen molar-refractivity contribution in [1.82, 2.24) is 15.2 Å². The topological polar surface area (TPSA) is 64.7 Å². The lowest BCUT2D eigenvalue weighted by atomic mass is 10.2. The minimum absolute atomic E-state index is 0.263. The summed E-state index contributed by atoms with van der Waals surface area (Å²) in [5.74, 6) is 0.247. The van der Waals surface area contributed by atoms with E-state index < -0.39 is 0 Å². The summed E-state index contributed by atoms with van der Waals surface area (Å²) in [7, 11) is 0. The Morgan fingerprint density at radius 1 is 1.29 bits per heavy atom. The van der Waals surface area contributed by atoms with Crippen molar-refractivity contribution in [1.29, 1.82) is 0 Å². The predicted octanol–water partition coefficient (Wildman–Crippen LogP) is 1.26. The van der Waals surface area contributed by atoms with E-state index >= 15 is 0 Å². The molecule has 0 spiro atoms. The molecule has 0 aliphatic heterocycles. The molecule has 0 saturated carbocycles. The van der Waals surface area contributed by atoms with Gasteiger partial charge in [0.15, 0.2) is 5.82 Å². The third-order valence-electron chi connectivity index (χ3n) is 1.66. The van der Waals surface area contributed by atoms with Gasteiger partial charge in [-0.15, -0.1) is 5.10 Å². The fourth-order valence-corrected chi connectivity index (χ4v) is 1.07. The molecule has 0 atom stereocenters. The SMILES string of the molecule is Nc1cnnc(-c2cccc(F)c2)n1. The number of nitrogens with two attached hydrogens (primary N) is 1. The zero-order valence-corrected chi connectivity index (χ0v) is 7.18. The van der Waals surface area contributed by atoms with Crippen molar-refractivity contribution in [3.8, 4) is 11.4 Å². The number of nitrogen functional groups attached to an aromatic ring is 1. The fraction of sp³-hybridized carbons (Fsp3) is 0. The third kappa shape index (κ3) is 1.66. The quantitative estimate of drug-likeness (QED) is 0.735. The number of anilines is 1. The van der Waals surface area contributed by atoms with Crippen molar-refractivity contribution in [2.24, 2.45) is 0 Å². The molecule has 2 N–H and O–H groups in total. The van der Waals surface area contributed by atoms with Gasteiger partial charge in [0.25, 0.3) is 0 Å². The first kappa shape index (κ1) is 8.55. The highest BCUT2D eigenvalue weighted by molar-refractivity contribution is 5.55. The Morgan fingerprint density at radius 2 is 2.14 bits per heavy atom. The number of halogens is 1. The molecule has 0 radical (unpaired) electrons. The van der Waals surface area contributed by atoms with Crippen LogP contribution in [0.25, 0.3) is 11.4 Å². The number of benzene rings is 1. The normalized spacial score (nSPS) is 10.1. The van der Waals surface area contributed by atoms with Gasteiger partial charge in [-0.25, -0.2) is 9.37 Å². The zero-order valence-electron chi connectivity index (χ0n) is 7.18. The van der Waals surface area contributed by atoms with Crippen LogP contribution in [0.3, 0.4) is 0 Å². The van der Waals surface area contributed by atoms with Gasteiger partial charge in [-0.05, 0) is 12.1 Å². The molecule has 2 aromatic rings. The molecule has 0 unspecified atom stereocenters.